The van der Waals surface area contributed by atoms with E-state index in [4.69, 9.17) is 9.16 Å². The topological polar surface area (TPSA) is 78.7 Å². The van der Waals surface area contributed by atoms with E-state index in [-0.39, 0.29) is 10.7 Å². The standard InChI is InChI=1S/C18H27NO5Si/c1-13-11-18(12-13,24-25(5,6)17(2,3)4)23-16(20)14-7-9-15(10-8-14)19(21)22/h7-10,13H,11-12H2,1-6H3. The van der Waals surface area contributed by atoms with Gasteiger partial charge in [-0.25, -0.2) is 4.79 Å². The van der Waals surface area contributed by atoms with Gasteiger partial charge in [0.1, 0.15) is 0 Å². The molecule has 1 saturated carbocycles. The van der Waals surface area contributed by atoms with Gasteiger partial charge < -0.3 is 9.16 Å². The number of rotatable bonds is 5. The molecule has 0 radical (unpaired) electrons. The second-order valence-electron chi connectivity index (χ2n) is 8.48. The Labute approximate surface area is 149 Å². The van der Waals surface area contributed by atoms with Gasteiger partial charge in [-0.3, -0.25) is 10.1 Å². The van der Waals surface area contributed by atoms with E-state index in [2.05, 4.69) is 40.8 Å². The molecular weight excluding hydrogens is 338 g/mol. The minimum atomic E-state index is -2.10. The smallest absolute Gasteiger partial charge is 0.340 e. The summed E-state index contributed by atoms with van der Waals surface area (Å²) in [5, 5.41) is 10.7. The molecule has 0 unspecified atom stereocenters. The van der Waals surface area contributed by atoms with E-state index in [1.54, 1.807) is 0 Å². The molecule has 1 aliphatic rings. The molecule has 0 atom stereocenters. The van der Waals surface area contributed by atoms with E-state index in [9.17, 15) is 14.9 Å². The van der Waals surface area contributed by atoms with Crippen LogP contribution in [-0.2, 0) is 9.16 Å². The van der Waals surface area contributed by atoms with Crippen LogP contribution in [0.1, 0.15) is 50.9 Å². The van der Waals surface area contributed by atoms with Crippen LogP contribution < -0.4 is 0 Å². The van der Waals surface area contributed by atoms with Crippen LogP contribution in [0.2, 0.25) is 18.1 Å². The summed E-state index contributed by atoms with van der Waals surface area (Å²) in [5.74, 6) is -0.934. The zero-order chi connectivity index (χ0) is 19.0. The molecule has 7 heteroatoms. The zero-order valence-electron chi connectivity index (χ0n) is 15.8. The van der Waals surface area contributed by atoms with Gasteiger partial charge >= 0.3 is 5.97 Å². The van der Waals surface area contributed by atoms with Crippen LogP contribution in [0.4, 0.5) is 5.69 Å². The number of nitro groups is 1. The second-order valence-corrected chi connectivity index (χ2v) is 13.2. The van der Waals surface area contributed by atoms with Crippen molar-refractivity contribution in [1.29, 1.82) is 0 Å². The molecule has 138 valence electrons. The van der Waals surface area contributed by atoms with Gasteiger partial charge in [0.2, 0.25) is 5.79 Å². The van der Waals surface area contributed by atoms with Crippen LogP contribution in [0.25, 0.3) is 0 Å². The fourth-order valence-corrected chi connectivity index (χ4v) is 4.20. The number of carbonyl (C=O) groups excluding carboxylic acids is 1. The first-order valence-corrected chi connectivity index (χ1v) is 11.4. The molecule has 1 aromatic rings. The average Bonchev–Trinajstić information content (AvgIpc) is 2.44. The van der Waals surface area contributed by atoms with Crippen molar-refractivity contribution in [3.63, 3.8) is 0 Å². The highest BCUT2D eigenvalue weighted by Gasteiger charge is 2.53. The molecule has 0 saturated heterocycles. The summed E-state index contributed by atoms with van der Waals surface area (Å²) in [5.41, 5.74) is 0.240. The molecule has 1 aromatic carbocycles. The summed E-state index contributed by atoms with van der Waals surface area (Å²) in [6.45, 7) is 12.8. The van der Waals surface area contributed by atoms with Crippen molar-refractivity contribution in [3.8, 4) is 0 Å². The van der Waals surface area contributed by atoms with Crippen LogP contribution in [0, 0.1) is 16.0 Å². The molecule has 0 heterocycles. The number of nitro benzene ring substituents is 1. The Morgan fingerprint density at radius 1 is 1.24 bits per heavy atom. The first-order valence-electron chi connectivity index (χ1n) is 8.53. The Bertz CT molecular complexity index is 657. The quantitative estimate of drug-likeness (QED) is 0.244. The van der Waals surface area contributed by atoms with Crippen molar-refractivity contribution in [1.82, 2.24) is 0 Å². The van der Waals surface area contributed by atoms with Gasteiger partial charge in [0.05, 0.1) is 10.5 Å². The van der Waals surface area contributed by atoms with Crippen molar-refractivity contribution in [2.24, 2.45) is 5.92 Å². The fourth-order valence-electron chi connectivity index (χ4n) is 2.75. The number of ether oxygens (including phenoxy) is 1. The molecule has 25 heavy (non-hydrogen) atoms. The maximum atomic E-state index is 12.5. The van der Waals surface area contributed by atoms with E-state index in [1.807, 2.05) is 0 Å². The summed E-state index contributed by atoms with van der Waals surface area (Å²) in [6, 6.07) is 5.45. The van der Waals surface area contributed by atoms with E-state index >= 15 is 0 Å². The maximum Gasteiger partial charge on any atom is 0.340 e. The van der Waals surface area contributed by atoms with E-state index < -0.39 is 25.0 Å². The minimum absolute atomic E-state index is 0.0125. The second kappa shape index (κ2) is 6.53. The number of hydrogen-bond acceptors (Lipinski definition) is 5. The van der Waals surface area contributed by atoms with Crippen LogP contribution >= 0.6 is 0 Å². The molecule has 0 N–H and O–H groups in total. The summed E-state index contributed by atoms with van der Waals surface area (Å²) in [4.78, 5) is 22.8. The fraction of sp³-hybridized carbons (Fsp3) is 0.611. The third-order valence-corrected chi connectivity index (χ3v) is 9.65. The van der Waals surface area contributed by atoms with Crippen molar-refractivity contribution >= 4 is 20.0 Å². The van der Waals surface area contributed by atoms with Gasteiger partial charge in [-0.1, -0.05) is 27.7 Å². The number of benzene rings is 1. The molecule has 0 aliphatic heterocycles. The molecule has 0 spiro atoms. The Morgan fingerprint density at radius 2 is 1.76 bits per heavy atom. The SMILES string of the molecule is CC1CC(OC(=O)c2ccc([N+](=O)[O-])cc2)(O[Si](C)(C)C(C)(C)C)C1. The van der Waals surface area contributed by atoms with E-state index in [1.165, 1.54) is 24.3 Å². The summed E-state index contributed by atoms with van der Waals surface area (Å²) < 4.78 is 12.2. The number of carbonyl (C=O) groups is 1. The van der Waals surface area contributed by atoms with Crippen LogP contribution in [0.3, 0.4) is 0 Å². The van der Waals surface area contributed by atoms with Crippen molar-refractivity contribution < 1.29 is 18.9 Å². The molecule has 2 rings (SSSR count). The first-order chi connectivity index (χ1) is 11.4. The lowest BCUT2D eigenvalue weighted by Gasteiger charge is -2.51. The zero-order valence-corrected chi connectivity index (χ0v) is 16.8. The van der Waals surface area contributed by atoms with Crippen molar-refractivity contribution in [2.75, 3.05) is 0 Å². The van der Waals surface area contributed by atoms with Crippen LogP contribution in [0.5, 0.6) is 0 Å². The van der Waals surface area contributed by atoms with Crippen molar-refractivity contribution in [3.05, 3.63) is 39.9 Å². The Kier molecular flexibility index (Phi) is 5.12. The van der Waals surface area contributed by atoms with Gasteiger partial charge in [-0.2, -0.15) is 0 Å². The summed E-state index contributed by atoms with van der Waals surface area (Å²) in [7, 11) is -2.10. The molecule has 1 aliphatic carbocycles. The first kappa shape index (κ1) is 19.6. The highest BCUT2D eigenvalue weighted by atomic mass is 28.4. The molecule has 0 aromatic heterocycles. The molecular formula is C18H27NO5Si. The monoisotopic (exact) mass is 365 g/mol. The molecule has 6 nitrogen and oxygen atoms in total. The third kappa shape index (κ3) is 4.27. The van der Waals surface area contributed by atoms with Crippen LogP contribution in [-0.4, -0.2) is 25.0 Å². The van der Waals surface area contributed by atoms with Gasteiger partial charge in [-0.15, -0.1) is 0 Å². The summed E-state index contributed by atoms with van der Waals surface area (Å²) >= 11 is 0. The third-order valence-electron chi connectivity index (χ3n) is 5.16. The summed E-state index contributed by atoms with van der Waals surface area (Å²) in [6.07, 6.45) is 1.36. The number of esters is 1. The number of non-ortho nitro benzene ring substituents is 1. The minimum Gasteiger partial charge on any atom is -0.430 e. The van der Waals surface area contributed by atoms with E-state index in [0.29, 0.717) is 24.3 Å². The molecule has 1 fully saturated rings. The Balaban J connectivity index is 2.16. The van der Waals surface area contributed by atoms with Gasteiger partial charge in [0.25, 0.3) is 5.69 Å². The Hall–Kier alpha value is -1.73. The lowest BCUT2D eigenvalue weighted by Crippen LogP contribution is -2.57. The van der Waals surface area contributed by atoms with E-state index in [0.717, 1.165) is 0 Å². The number of nitrogens with zero attached hydrogens (tertiary/aromatic N) is 1. The normalized spacial score (nSPS) is 23.7. The Morgan fingerprint density at radius 3 is 2.16 bits per heavy atom. The lowest BCUT2D eigenvalue weighted by molar-refractivity contribution is -0.384. The van der Waals surface area contributed by atoms with Crippen molar-refractivity contribution in [2.45, 2.75) is 64.5 Å². The molecule has 0 bridgehead atoms. The predicted molar refractivity (Wildman–Crippen MR) is 97.9 cm³/mol. The average molecular weight is 366 g/mol. The van der Waals surface area contributed by atoms with Crippen LogP contribution in [0.15, 0.2) is 24.3 Å². The van der Waals surface area contributed by atoms with Gasteiger partial charge in [0, 0.05) is 25.0 Å². The number of hydrogen-bond donors (Lipinski definition) is 0. The molecule has 0 amide bonds. The largest absolute Gasteiger partial charge is 0.430 e. The van der Waals surface area contributed by atoms with Gasteiger partial charge in [-0.05, 0) is 36.2 Å². The van der Waals surface area contributed by atoms with Gasteiger partial charge in [0.15, 0.2) is 8.32 Å². The maximum absolute atomic E-state index is 12.5. The highest BCUT2D eigenvalue weighted by Crippen LogP contribution is 2.48. The lowest BCUT2D eigenvalue weighted by atomic mass is 9.80. The highest BCUT2D eigenvalue weighted by molar-refractivity contribution is 6.74. The predicted octanol–water partition coefficient (Wildman–Crippen LogP) is 4.90.